The molecular formula is C33H30BrF3N4O3S2. The zero-order valence-electron chi connectivity index (χ0n) is 24.5. The SMILES string of the molecule is O=C(Nc1ccc(NCCSc2ccccc2)c(C(F)(F)F)c1N1CCN(Cc2ccccc2Br)CC1)c1cccc2c1S2(=O)=O. The Balaban J connectivity index is 1.29. The molecule has 4 aromatic carbocycles. The van der Waals surface area contributed by atoms with Crippen LogP contribution in [0.5, 0.6) is 0 Å². The molecule has 0 spiro atoms. The first-order valence-electron chi connectivity index (χ1n) is 14.6. The van der Waals surface area contributed by atoms with E-state index in [-0.39, 0.29) is 39.0 Å². The second kappa shape index (κ2) is 13.3. The van der Waals surface area contributed by atoms with Gasteiger partial charge in [0.05, 0.1) is 21.8 Å². The van der Waals surface area contributed by atoms with E-state index in [4.69, 9.17) is 0 Å². The monoisotopic (exact) mass is 730 g/mol. The van der Waals surface area contributed by atoms with Crippen molar-refractivity contribution >= 4 is 60.5 Å². The predicted molar refractivity (Wildman–Crippen MR) is 179 cm³/mol. The highest BCUT2D eigenvalue weighted by Crippen LogP contribution is 2.47. The molecule has 0 unspecified atom stereocenters. The smallest absolute Gasteiger partial charge is 0.384 e. The second-order valence-electron chi connectivity index (χ2n) is 10.9. The van der Waals surface area contributed by atoms with Crippen molar-refractivity contribution in [3.8, 4) is 0 Å². The van der Waals surface area contributed by atoms with Gasteiger partial charge in [-0.1, -0.05) is 58.4 Å². The van der Waals surface area contributed by atoms with Crippen molar-refractivity contribution < 1.29 is 26.4 Å². The van der Waals surface area contributed by atoms with E-state index < -0.39 is 27.5 Å². The molecular weight excluding hydrogens is 701 g/mol. The summed E-state index contributed by atoms with van der Waals surface area (Å²) < 4.78 is 70.5. The van der Waals surface area contributed by atoms with Gasteiger partial charge in [0, 0.05) is 60.1 Å². The lowest BCUT2D eigenvalue weighted by Crippen LogP contribution is -2.47. The van der Waals surface area contributed by atoms with Crippen LogP contribution in [-0.4, -0.2) is 57.7 Å². The van der Waals surface area contributed by atoms with Crippen LogP contribution in [-0.2, 0) is 22.6 Å². The summed E-state index contributed by atoms with van der Waals surface area (Å²) in [7, 11) is -3.65. The molecule has 7 nitrogen and oxygen atoms in total. The highest BCUT2D eigenvalue weighted by Gasteiger charge is 2.44. The highest BCUT2D eigenvalue weighted by molar-refractivity contribution is 9.10. The molecule has 0 saturated carbocycles. The Labute approximate surface area is 278 Å². The number of hydrogen-bond donors (Lipinski definition) is 2. The first-order chi connectivity index (χ1) is 22.0. The third-order valence-corrected chi connectivity index (χ3v) is 11.4. The fourth-order valence-electron chi connectivity index (χ4n) is 5.65. The maximum absolute atomic E-state index is 15.0. The van der Waals surface area contributed by atoms with Gasteiger partial charge in [0.15, 0.2) is 0 Å². The molecule has 2 aliphatic rings. The van der Waals surface area contributed by atoms with Gasteiger partial charge in [-0.3, -0.25) is 9.69 Å². The lowest BCUT2D eigenvalue weighted by Gasteiger charge is -2.38. The van der Waals surface area contributed by atoms with E-state index in [1.54, 1.807) is 4.90 Å². The summed E-state index contributed by atoms with van der Waals surface area (Å²) >= 11 is 5.10. The van der Waals surface area contributed by atoms with Gasteiger partial charge in [-0.2, -0.15) is 13.2 Å². The fourth-order valence-corrected chi connectivity index (χ4v) is 8.36. The normalized spacial score (nSPS) is 15.7. The van der Waals surface area contributed by atoms with E-state index in [0.717, 1.165) is 14.9 Å². The van der Waals surface area contributed by atoms with Crippen molar-refractivity contribution in [2.75, 3.05) is 54.0 Å². The lowest BCUT2D eigenvalue weighted by molar-refractivity contribution is -0.136. The topological polar surface area (TPSA) is 81.8 Å². The maximum atomic E-state index is 15.0. The van der Waals surface area contributed by atoms with Crippen LogP contribution in [0.1, 0.15) is 21.5 Å². The van der Waals surface area contributed by atoms with Gasteiger partial charge in [0.2, 0.25) is 9.84 Å². The standard InChI is InChI=1S/C33H30BrF3N4O3S2/c34-25-11-5-4-7-22(25)21-40-16-18-41(19-17-40)30-27(39-32(42)24-10-6-12-28-31(24)46(28,43)44)14-13-26(29(30)33(35,36)37)38-15-20-45-23-8-2-1-3-9-23/h1-14,38H,15-21H2,(H,39,42). The molecule has 2 N–H and O–H groups in total. The van der Waals surface area contributed by atoms with Gasteiger partial charge in [-0.25, -0.2) is 8.42 Å². The number of rotatable bonds is 10. The number of nitrogens with one attached hydrogen (secondary N) is 2. The minimum Gasteiger partial charge on any atom is -0.384 e. The Kier molecular flexibility index (Phi) is 9.38. The van der Waals surface area contributed by atoms with E-state index in [9.17, 15) is 26.4 Å². The first kappa shape index (κ1) is 32.4. The van der Waals surface area contributed by atoms with Crippen LogP contribution >= 0.6 is 27.7 Å². The summed E-state index contributed by atoms with van der Waals surface area (Å²) in [5, 5.41) is 5.61. The molecule has 0 bridgehead atoms. The third-order valence-electron chi connectivity index (χ3n) is 7.92. The van der Waals surface area contributed by atoms with Crippen molar-refractivity contribution in [3.63, 3.8) is 0 Å². The molecule has 1 fully saturated rings. The molecule has 2 aliphatic heterocycles. The number of nitrogens with zero attached hydrogens (tertiary/aromatic N) is 2. The summed E-state index contributed by atoms with van der Waals surface area (Å²) in [6, 6.07) is 24.4. The Hall–Kier alpha value is -3.52. The zero-order chi connectivity index (χ0) is 32.5. The molecule has 0 radical (unpaired) electrons. The van der Waals surface area contributed by atoms with Gasteiger partial charge >= 0.3 is 6.18 Å². The number of carbonyl (C=O) groups is 1. The Bertz CT molecular complexity index is 1870. The number of alkyl halides is 3. The molecule has 1 amide bonds. The van der Waals surface area contributed by atoms with Crippen LogP contribution in [0.3, 0.4) is 0 Å². The number of anilines is 3. The minimum absolute atomic E-state index is 0.0311. The van der Waals surface area contributed by atoms with Crippen molar-refractivity contribution in [3.05, 3.63) is 106 Å². The van der Waals surface area contributed by atoms with Gasteiger partial charge in [-0.05, 0) is 48.0 Å². The van der Waals surface area contributed by atoms with Crippen molar-refractivity contribution in [2.24, 2.45) is 0 Å². The lowest BCUT2D eigenvalue weighted by atomic mass is 10.0. The fraction of sp³-hybridized carbons (Fsp3) is 0.242. The van der Waals surface area contributed by atoms with Gasteiger partial charge < -0.3 is 15.5 Å². The number of halogens is 4. The number of piperazine rings is 1. The Morgan fingerprint density at radius 2 is 1.57 bits per heavy atom. The van der Waals surface area contributed by atoms with Crippen molar-refractivity contribution in [2.45, 2.75) is 27.4 Å². The van der Waals surface area contributed by atoms with E-state index in [1.165, 1.54) is 42.1 Å². The summed E-state index contributed by atoms with van der Waals surface area (Å²) in [4.78, 5) is 18.2. The van der Waals surface area contributed by atoms with Crippen LogP contribution in [0.15, 0.2) is 104 Å². The van der Waals surface area contributed by atoms with E-state index >= 15 is 0 Å². The van der Waals surface area contributed by atoms with E-state index in [2.05, 4.69) is 31.5 Å². The second-order valence-corrected chi connectivity index (χ2v) is 14.8. The van der Waals surface area contributed by atoms with E-state index in [0.29, 0.717) is 38.5 Å². The minimum atomic E-state index is -4.75. The molecule has 6 rings (SSSR count). The maximum Gasteiger partial charge on any atom is 0.420 e. The molecule has 1 saturated heterocycles. The largest absolute Gasteiger partial charge is 0.420 e. The number of amides is 1. The molecule has 0 atom stereocenters. The third kappa shape index (κ3) is 6.92. The summed E-state index contributed by atoms with van der Waals surface area (Å²) in [6.07, 6.45) is -4.75. The molecule has 0 aliphatic carbocycles. The highest BCUT2D eigenvalue weighted by atomic mass is 79.9. The molecule has 0 aromatic heterocycles. The molecule has 240 valence electrons. The summed E-state index contributed by atoms with van der Waals surface area (Å²) in [5.74, 6) is -0.240. The number of thioether (sulfide) groups is 1. The Morgan fingerprint density at radius 1 is 0.870 bits per heavy atom. The average molecular weight is 732 g/mol. The van der Waals surface area contributed by atoms with Crippen molar-refractivity contribution in [1.29, 1.82) is 0 Å². The number of sulfone groups is 1. The van der Waals surface area contributed by atoms with Gasteiger partial charge in [-0.15, -0.1) is 11.8 Å². The zero-order valence-corrected chi connectivity index (χ0v) is 27.7. The van der Waals surface area contributed by atoms with Gasteiger partial charge in [0.1, 0.15) is 10.5 Å². The summed E-state index contributed by atoms with van der Waals surface area (Å²) in [6.45, 7) is 2.50. The number of fused-ring (bicyclic) bond motifs is 1. The molecule has 4 aromatic rings. The molecule has 46 heavy (non-hydrogen) atoms. The Morgan fingerprint density at radius 3 is 2.28 bits per heavy atom. The average Bonchev–Trinajstić information content (AvgIpc) is 3.61. The van der Waals surface area contributed by atoms with Crippen LogP contribution in [0.25, 0.3) is 0 Å². The number of hydrogen-bond acceptors (Lipinski definition) is 7. The van der Waals surface area contributed by atoms with Crippen LogP contribution in [0, 0.1) is 0 Å². The van der Waals surface area contributed by atoms with Crippen LogP contribution in [0.2, 0.25) is 0 Å². The summed E-state index contributed by atoms with van der Waals surface area (Å²) in [5.41, 5.74) is -0.128. The van der Waals surface area contributed by atoms with Gasteiger partial charge in [0.25, 0.3) is 5.91 Å². The van der Waals surface area contributed by atoms with Crippen LogP contribution in [0.4, 0.5) is 30.2 Å². The van der Waals surface area contributed by atoms with E-state index in [1.807, 2.05) is 54.6 Å². The first-order valence-corrected chi connectivity index (χ1v) is 17.9. The predicted octanol–water partition coefficient (Wildman–Crippen LogP) is 7.39. The van der Waals surface area contributed by atoms with Crippen molar-refractivity contribution in [1.82, 2.24) is 4.90 Å². The molecule has 2 heterocycles. The molecule has 13 heteroatoms. The number of benzene rings is 4. The van der Waals surface area contributed by atoms with Crippen LogP contribution < -0.4 is 15.5 Å². The quantitative estimate of drug-likeness (QED) is 0.0881. The number of carbonyl (C=O) groups excluding carboxylic acids is 1.